The number of hydrogen-bond donors (Lipinski definition) is 3. The van der Waals surface area contributed by atoms with Crippen LogP contribution in [0.3, 0.4) is 0 Å². The Balaban J connectivity index is 0.000000362. The van der Waals surface area contributed by atoms with Gasteiger partial charge in [0, 0.05) is 36.8 Å². The lowest BCUT2D eigenvalue weighted by atomic mass is 9.88. The maximum atomic E-state index is 14.7. The molecule has 2 aromatic carbocycles. The first-order valence-electron chi connectivity index (χ1n) is 19.2. The third kappa shape index (κ3) is 10.3. The number of nitrogens with one attached hydrogen (secondary N) is 2. The molecule has 13 heteroatoms. The molecule has 56 heavy (non-hydrogen) atoms. The Kier molecular flexibility index (Phi) is 13.9. The zero-order valence-corrected chi connectivity index (χ0v) is 33.0. The van der Waals surface area contributed by atoms with E-state index in [2.05, 4.69) is 33.9 Å². The number of rotatable bonds is 9. The highest BCUT2D eigenvalue weighted by molar-refractivity contribution is 5.87. The lowest BCUT2D eigenvalue weighted by Crippen LogP contribution is -2.42. The fourth-order valence-corrected chi connectivity index (χ4v) is 7.31. The Morgan fingerprint density at radius 2 is 1.79 bits per heavy atom. The van der Waals surface area contributed by atoms with Crippen molar-refractivity contribution >= 4 is 24.8 Å². The van der Waals surface area contributed by atoms with Crippen molar-refractivity contribution in [3.05, 3.63) is 113 Å². The van der Waals surface area contributed by atoms with Crippen LogP contribution in [-0.2, 0) is 14.3 Å². The molecule has 1 aliphatic carbocycles. The smallest absolute Gasteiger partial charge is 0.410 e. The van der Waals surface area contributed by atoms with E-state index in [0.717, 1.165) is 55.5 Å². The summed E-state index contributed by atoms with van der Waals surface area (Å²) in [6.45, 7) is 12.6. The van der Waals surface area contributed by atoms with Crippen LogP contribution in [-0.4, -0.2) is 76.4 Å². The molecule has 2 aliphatic heterocycles. The maximum Gasteiger partial charge on any atom is 0.410 e. The normalized spacial score (nSPS) is 20.2. The van der Waals surface area contributed by atoms with Crippen molar-refractivity contribution in [2.45, 2.75) is 95.9 Å². The van der Waals surface area contributed by atoms with Gasteiger partial charge in [-0.3, -0.25) is 9.79 Å². The molecule has 4 atom stereocenters. The quantitative estimate of drug-likeness (QED) is 0.185. The summed E-state index contributed by atoms with van der Waals surface area (Å²) in [5, 5.41) is 2.68. The maximum absolute atomic E-state index is 14.7. The SMILES string of the molecule is C=N/C=C(\N)C1=CCC(c2ccc(-c3cnc([C@@H]4CCCN4C(=O)[C@H](NC(=O)OC)c4ccccc4)[nH]3)cc2)C=C1F.CC[C@@H]1CCCN1C(=O)OC(C)(C)C. The number of alkyl carbamates (subject to hydrolysis) is 1. The molecule has 0 saturated carbocycles. The summed E-state index contributed by atoms with van der Waals surface area (Å²) < 4.78 is 24.8. The second kappa shape index (κ2) is 18.7. The molecular weight excluding hydrogens is 714 g/mol. The van der Waals surface area contributed by atoms with Crippen LogP contribution < -0.4 is 11.1 Å². The standard InChI is InChI=1S/C32H33FN6O3.C11H21NO2/c1-35-18-26(34)24-15-14-23(17-25(24)33)20-10-12-21(13-11-20)27-19-36-30(37-27)28-9-6-16-39(28)31(40)29(38-32(41)42-2)22-7-4-3-5-8-22;1-5-9-7-6-8-12(9)10(13)14-11(2,3)4/h3-5,7-8,10-13,15,17-19,23,28-29H,1,6,9,14,16,34H2,2H3,(H,36,37)(H,38,41);9H,5-8H2,1-4H3/b26-18-;/t23?,28-,29+;9-/m01/s1. The van der Waals surface area contributed by atoms with Gasteiger partial charge < -0.3 is 35.3 Å². The van der Waals surface area contributed by atoms with Gasteiger partial charge in [-0.05, 0) is 88.8 Å². The minimum absolute atomic E-state index is 0.112. The van der Waals surface area contributed by atoms with Gasteiger partial charge in [0.05, 0.1) is 30.7 Å². The van der Waals surface area contributed by atoms with Crippen LogP contribution in [0.1, 0.15) is 101 Å². The second-order valence-electron chi connectivity index (χ2n) is 15.1. The number of benzene rings is 2. The molecule has 3 heterocycles. The number of aromatic amines is 1. The highest BCUT2D eigenvalue weighted by Gasteiger charge is 2.37. The number of H-pyrrole nitrogens is 1. The molecule has 6 rings (SSSR count). The average molecular weight is 768 g/mol. The van der Waals surface area contributed by atoms with Crippen LogP contribution in [0.15, 0.2) is 101 Å². The minimum Gasteiger partial charge on any atom is -0.453 e. The highest BCUT2D eigenvalue weighted by atomic mass is 19.1. The molecular formula is C43H54FN7O5. The summed E-state index contributed by atoms with van der Waals surface area (Å²) >= 11 is 0. The number of aromatic nitrogens is 2. The summed E-state index contributed by atoms with van der Waals surface area (Å²) in [7, 11) is 1.27. The van der Waals surface area contributed by atoms with Crippen molar-refractivity contribution in [2.75, 3.05) is 20.2 Å². The summed E-state index contributed by atoms with van der Waals surface area (Å²) in [6, 6.07) is 16.3. The first-order valence-corrected chi connectivity index (χ1v) is 19.2. The molecule has 1 unspecified atom stereocenters. The number of likely N-dealkylation sites (tertiary alicyclic amines) is 2. The second-order valence-corrected chi connectivity index (χ2v) is 15.1. The van der Waals surface area contributed by atoms with E-state index in [1.165, 1.54) is 13.3 Å². The summed E-state index contributed by atoms with van der Waals surface area (Å²) in [5.41, 5.74) is 9.48. The van der Waals surface area contributed by atoms with Crippen LogP contribution in [0.5, 0.6) is 0 Å². The molecule has 298 valence electrons. The van der Waals surface area contributed by atoms with Gasteiger partial charge in [0.25, 0.3) is 5.91 Å². The van der Waals surface area contributed by atoms with Gasteiger partial charge in [0.15, 0.2) is 0 Å². The van der Waals surface area contributed by atoms with Crippen LogP contribution in [0.25, 0.3) is 11.3 Å². The molecule has 0 bridgehead atoms. The van der Waals surface area contributed by atoms with Crippen molar-refractivity contribution in [3.63, 3.8) is 0 Å². The van der Waals surface area contributed by atoms with E-state index in [0.29, 0.717) is 36.0 Å². The van der Waals surface area contributed by atoms with E-state index in [9.17, 15) is 18.8 Å². The third-order valence-corrected chi connectivity index (χ3v) is 10.1. The number of nitrogens with two attached hydrogens (primary N) is 1. The van der Waals surface area contributed by atoms with Crippen molar-refractivity contribution in [3.8, 4) is 11.3 Å². The molecule has 2 saturated heterocycles. The third-order valence-electron chi connectivity index (χ3n) is 10.1. The van der Waals surface area contributed by atoms with Gasteiger partial charge in [-0.25, -0.2) is 19.0 Å². The summed E-state index contributed by atoms with van der Waals surface area (Å²) in [4.78, 5) is 52.8. The Morgan fingerprint density at radius 1 is 1.09 bits per heavy atom. The number of ether oxygens (including phenoxy) is 2. The molecule has 12 nitrogen and oxygen atoms in total. The molecule has 0 spiro atoms. The van der Waals surface area contributed by atoms with E-state index < -0.39 is 12.1 Å². The van der Waals surface area contributed by atoms with Gasteiger partial charge in [-0.2, -0.15) is 0 Å². The molecule has 4 N–H and O–H groups in total. The van der Waals surface area contributed by atoms with Crippen molar-refractivity contribution < 1.29 is 28.2 Å². The number of halogens is 1. The van der Waals surface area contributed by atoms with Gasteiger partial charge in [0.1, 0.15) is 23.3 Å². The highest BCUT2D eigenvalue weighted by Crippen LogP contribution is 2.36. The number of hydrogen-bond acceptors (Lipinski definition) is 8. The van der Waals surface area contributed by atoms with E-state index in [1.807, 2.05) is 68.1 Å². The number of carbonyl (C=O) groups excluding carboxylic acids is 3. The number of aliphatic imine (C=N–C) groups is 1. The molecule has 0 radical (unpaired) electrons. The summed E-state index contributed by atoms with van der Waals surface area (Å²) in [5.74, 6) is -0.0319. The zero-order chi connectivity index (χ0) is 40.4. The van der Waals surface area contributed by atoms with Crippen molar-refractivity contribution in [1.82, 2.24) is 25.1 Å². The number of methoxy groups -OCH3 is 1. The molecule has 3 aromatic rings. The number of nitrogens with zero attached hydrogens (tertiary/aromatic N) is 4. The van der Waals surface area contributed by atoms with Gasteiger partial charge in [-0.1, -0.05) is 67.6 Å². The Labute approximate surface area is 328 Å². The Hall–Kier alpha value is -5.72. The lowest BCUT2D eigenvalue weighted by Gasteiger charge is -2.28. The monoisotopic (exact) mass is 767 g/mol. The Bertz CT molecular complexity index is 1930. The summed E-state index contributed by atoms with van der Waals surface area (Å²) in [6.07, 6.45) is 11.1. The largest absolute Gasteiger partial charge is 0.453 e. The van der Waals surface area contributed by atoms with E-state index in [1.54, 1.807) is 35.4 Å². The number of allylic oxidation sites excluding steroid dienone is 3. The fraction of sp³-hybridized carbons (Fsp3) is 0.419. The number of carbonyl (C=O) groups is 3. The van der Waals surface area contributed by atoms with Crippen LogP contribution in [0.2, 0.25) is 0 Å². The first kappa shape index (κ1) is 41.4. The van der Waals surface area contributed by atoms with Crippen molar-refractivity contribution in [2.24, 2.45) is 10.7 Å². The van der Waals surface area contributed by atoms with Gasteiger partial charge >= 0.3 is 12.2 Å². The fourth-order valence-electron chi connectivity index (χ4n) is 7.31. The van der Waals surface area contributed by atoms with Crippen LogP contribution in [0, 0.1) is 0 Å². The molecule has 3 aliphatic rings. The van der Waals surface area contributed by atoms with Gasteiger partial charge in [0.2, 0.25) is 0 Å². The predicted molar refractivity (Wildman–Crippen MR) is 215 cm³/mol. The number of amides is 3. The van der Waals surface area contributed by atoms with E-state index in [4.69, 9.17) is 15.2 Å². The molecule has 2 fully saturated rings. The topological polar surface area (TPSA) is 155 Å². The minimum atomic E-state index is -0.878. The molecule has 3 amide bonds. The van der Waals surface area contributed by atoms with Gasteiger partial charge in [-0.15, -0.1) is 0 Å². The number of imidazole rings is 1. The lowest BCUT2D eigenvalue weighted by molar-refractivity contribution is -0.134. The van der Waals surface area contributed by atoms with E-state index >= 15 is 0 Å². The average Bonchev–Trinajstić information content (AvgIpc) is 3.98. The molecule has 1 aromatic heterocycles. The van der Waals surface area contributed by atoms with Crippen LogP contribution >= 0.6 is 0 Å². The van der Waals surface area contributed by atoms with Crippen LogP contribution in [0.4, 0.5) is 14.0 Å². The van der Waals surface area contributed by atoms with Crippen molar-refractivity contribution in [1.29, 1.82) is 0 Å². The first-order chi connectivity index (χ1) is 26.8. The predicted octanol–water partition coefficient (Wildman–Crippen LogP) is 8.40. The van der Waals surface area contributed by atoms with E-state index in [-0.39, 0.29) is 41.1 Å². The Morgan fingerprint density at radius 3 is 2.43 bits per heavy atom. The zero-order valence-electron chi connectivity index (χ0n) is 33.0.